The van der Waals surface area contributed by atoms with Gasteiger partial charge < -0.3 is 15.0 Å². The molecule has 3 heterocycles. The molecule has 42 heavy (non-hydrogen) atoms. The van der Waals surface area contributed by atoms with Crippen molar-refractivity contribution in [3.05, 3.63) is 58.3 Å². The van der Waals surface area contributed by atoms with Crippen LogP contribution in [-0.4, -0.2) is 52.6 Å². The minimum absolute atomic E-state index is 0.0266. The minimum Gasteiger partial charge on any atom is -0.439 e. The van der Waals surface area contributed by atoms with Crippen LogP contribution in [-0.2, 0) is 29.8 Å². The summed E-state index contributed by atoms with van der Waals surface area (Å²) < 4.78 is 126. The Morgan fingerprint density at radius 2 is 1.55 bits per heavy atom. The molecule has 0 bridgehead atoms. The number of nitrogens with one attached hydrogen (secondary N) is 1. The maximum absolute atomic E-state index is 13.6. The SMILES string of the molecule is CCC1CC(Nc2ncc(C(F)(F)F)cc2CN2C(=O)O[C@H](c3cc(C(F)(F)F)cc(C(F)(F)F)c3)[C@@H]2C)CCN1C. The molecule has 0 spiro atoms. The zero-order valence-electron chi connectivity index (χ0n) is 22.8. The summed E-state index contributed by atoms with van der Waals surface area (Å²) in [6, 6.07) is 0.694. The highest BCUT2D eigenvalue weighted by Crippen LogP contribution is 2.41. The fourth-order valence-electron chi connectivity index (χ4n) is 5.37. The molecule has 4 atom stereocenters. The maximum atomic E-state index is 13.6. The topological polar surface area (TPSA) is 57.7 Å². The van der Waals surface area contributed by atoms with Crippen molar-refractivity contribution in [1.29, 1.82) is 0 Å². The second kappa shape index (κ2) is 11.5. The largest absolute Gasteiger partial charge is 0.439 e. The number of pyridine rings is 1. The zero-order chi connectivity index (χ0) is 31.2. The molecule has 2 unspecified atom stereocenters. The lowest BCUT2D eigenvalue weighted by molar-refractivity contribution is -0.143. The van der Waals surface area contributed by atoms with Gasteiger partial charge in [0.2, 0.25) is 0 Å². The van der Waals surface area contributed by atoms with E-state index in [1.54, 1.807) is 0 Å². The average molecular weight is 613 g/mol. The summed E-state index contributed by atoms with van der Waals surface area (Å²) in [6.45, 7) is 3.61. The van der Waals surface area contributed by atoms with Gasteiger partial charge in [0.05, 0.1) is 29.3 Å². The number of anilines is 1. The fraction of sp³-hybridized carbons (Fsp3) is 0.556. The molecule has 0 radical (unpaired) electrons. The van der Waals surface area contributed by atoms with E-state index in [1.165, 1.54) is 6.92 Å². The average Bonchev–Trinajstić information content (AvgIpc) is 3.17. The van der Waals surface area contributed by atoms with Gasteiger partial charge in [-0.2, -0.15) is 39.5 Å². The number of rotatable bonds is 6. The number of ether oxygens (including phenoxy) is 1. The number of carbonyl (C=O) groups excluding carboxylic acids is 1. The van der Waals surface area contributed by atoms with Crippen LogP contribution in [0.4, 0.5) is 50.1 Å². The number of amides is 1. The van der Waals surface area contributed by atoms with Gasteiger partial charge in [0.15, 0.2) is 0 Å². The van der Waals surface area contributed by atoms with Crippen LogP contribution < -0.4 is 5.32 Å². The first-order valence-corrected chi connectivity index (χ1v) is 13.2. The number of benzene rings is 1. The van der Waals surface area contributed by atoms with E-state index in [0.29, 0.717) is 31.2 Å². The Kier molecular flexibility index (Phi) is 8.65. The maximum Gasteiger partial charge on any atom is 0.417 e. The van der Waals surface area contributed by atoms with Crippen molar-refractivity contribution in [2.24, 2.45) is 0 Å². The molecule has 2 saturated heterocycles. The van der Waals surface area contributed by atoms with Gasteiger partial charge in [0, 0.05) is 30.4 Å². The van der Waals surface area contributed by atoms with Gasteiger partial charge in [-0.15, -0.1) is 0 Å². The molecule has 0 saturated carbocycles. The van der Waals surface area contributed by atoms with Gasteiger partial charge in [0.1, 0.15) is 11.9 Å². The summed E-state index contributed by atoms with van der Waals surface area (Å²) in [6.07, 6.45) is -14.8. The summed E-state index contributed by atoms with van der Waals surface area (Å²) in [4.78, 5) is 20.0. The predicted octanol–water partition coefficient (Wildman–Crippen LogP) is 7.50. The molecule has 2 aromatic rings. The number of halogens is 9. The molecular weight excluding hydrogens is 583 g/mol. The van der Waals surface area contributed by atoms with E-state index >= 15 is 0 Å². The van der Waals surface area contributed by atoms with Gasteiger partial charge in [0.25, 0.3) is 0 Å². The molecule has 2 aliphatic rings. The zero-order valence-corrected chi connectivity index (χ0v) is 22.8. The molecule has 15 heteroatoms. The van der Waals surface area contributed by atoms with Crippen LogP contribution >= 0.6 is 0 Å². The Bertz CT molecular complexity index is 1260. The third-order valence-electron chi connectivity index (χ3n) is 7.79. The first-order valence-electron chi connectivity index (χ1n) is 13.2. The Balaban J connectivity index is 1.65. The van der Waals surface area contributed by atoms with Crippen molar-refractivity contribution in [3.63, 3.8) is 0 Å². The molecular formula is C27H29F9N4O2. The Morgan fingerprint density at radius 3 is 2.10 bits per heavy atom. The van der Waals surface area contributed by atoms with E-state index in [-0.39, 0.29) is 29.5 Å². The summed E-state index contributed by atoms with van der Waals surface area (Å²) in [7, 11) is 1.98. The first kappa shape index (κ1) is 31.7. The molecule has 6 nitrogen and oxygen atoms in total. The summed E-state index contributed by atoms with van der Waals surface area (Å²) in [5.74, 6) is 0.0919. The number of likely N-dealkylation sites (tertiary alicyclic amines) is 1. The molecule has 0 aliphatic carbocycles. The summed E-state index contributed by atoms with van der Waals surface area (Å²) >= 11 is 0. The molecule has 1 amide bonds. The molecule has 4 rings (SSSR count). The van der Waals surface area contributed by atoms with E-state index in [4.69, 9.17) is 4.74 Å². The number of piperidine rings is 1. The summed E-state index contributed by atoms with van der Waals surface area (Å²) in [5.41, 5.74) is -4.81. The van der Waals surface area contributed by atoms with Crippen LogP contribution in [0.25, 0.3) is 0 Å². The van der Waals surface area contributed by atoms with Gasteiger partial charge in [-0.1, -0.05) is 6.92 Å². The quantitative estimate of drug-likeness (QED) is 0.343. The normalized spacial score (nSPS) is 24.2. The number of nitrogens with zero attached hydrogens (tertiary/aromatic N) is 3. The van der Waals surface area contributed by atoms with E-state index in [0.717, 1.165) is 23.9 Å². The third kappa shape index (κ3) is 6.87. The van der Waals surface area contributed by atoms with Crippen molar-refractivity contribution in [2.45, 2.75) is 82.4 Å². The third-order valence-corrected chi connectivity index (χ3v) is 7.79. The predicted molar refractivity (Wildman–Crippen MR) is 133 cm³/mol. The van der Waals surface area contributed by atoms with E-state index in [1.807, 2.05) is 14.0 Å². The highest BCUT2D eigenvalue weighted by atomic mass is 19.4. The lowest BCUT2D eigenvalue weighted by Crippen LogP contribution is -2.44. The first-order chi connectivity index (χ1) is 19.4. The van der Waals surface area contributed by atoms with Gasteiger partial charge in [-0.3, -0.25) is 4.90 Å². The van der Waals surface area contributed by atoms with Crippen molar-refractivity contribution >= 4 is 11.9 Å². The van der Waals surface area contributed by atoms with Crippen LogP contribution in [0.5, 0.6) is 0 Å². The second-order valence-corrected chi connectivity index (χ2v) is 10.6. The highest BCUT2D eigenvalue weighted by molar-refractivity contribution is 5.71. The fourth-order valence-corrected chi connectivity index (χ4v) is 5.37. The van der Waals surface area contributed by atoms with E-state index < -0.39 is 65.6 Å². The van der Waals surface area contributed by atoms with Crippen molar-refractivity contribution in [2.75, 3.05) is 18.9 Å². The van der Waals surface area contributed by atoms with Gasteiger partial charge in [-0.05, 0) is 63.1 Å². The van der Waals surface area contributed by atoms with Crippen LogP contribution in [0.3, 0.4) is 0 Å². The molecule has 232 valence electrons. The second-order valence-electron chi connectivity index (χ2n) is 10.6. The number of alkyl halides is 9. The van der Waals surface area contributed by atoms with Gasteiger partial charge in [-0.25, -0.2) is 9.78 Å². The number of hydrogen-bond donors (Lipinski definition) is 1. The molecule has 1 aromatic heterocycles. The number of hydrogen-bond acceptors (Lipinski definition) is 5. The number of cyclic esters (lactones) is 1. The standard InChI is InChI=1S/C27H29F9N4O2/c1-4-21-11-20(5-6-39(21)3)38-23-16(9-19(12-37-23)27(34,35)36)13-40-14(2)22(42-24(40)41)15-7-17(25(28,29)30)10-18(8-15)26(31,32)33/h7-10,12,14,20-22H,4-6,11,13H2,1-3H3,(H,37,38)/t14-,20?,21?,22-/m0/s1. The Labute approximate surface area is 235 Å². The Hall–Kier alpha value is -3.23. The highest BCUT2D eigenvalue weighted by Gasteiger charge is 2.44. The van der Waals surface area contributed by atoms with Crippen molar-refractivity contribution in [3.8, 4) is 0 Å². The molecule has 2 fully saturated rings. The lowest BCUT2D eigenvalue weighted by atomic mass is 9.95. The molecule has 1 N–H and O–H groups in total. The van der Waals surface area contributed by atoms with Crippen molar-refractivity contribution < 1.29 is 49.0 Å². The van der Waals surface area contributed by atoms with Crippen LogP contribution in [0.2, 0.25) is 0 Å². The molecule has 2 aliphatic heterocycles. The number of carbonyl (C=O) groups is 1. The van der Waals surface area contributed by atoms with E-state index in [2.05, 4.69) is 15.2 Å². The summed E-state index contributed by atoms with van der Waals surface area (Å²) in [5, 5.41) is 3.17. The Morgan fingerprint density at radius 1 is 0.952 bits per heavy atom. The van der Waals surface area contributed by atoms with Crippen LogP contribution in [0.1, 0.15) is 67.0 Å². The van der Waals surface area contributed by atoms with Crippen LogP contribution in [0.15, 0.2) is 30.5 Å². The van der Waals surface area contributed by atoms with Crippen molar-refractivity contribution in [1.82, 2.24) is 14.8 Å². The minimum atomic E-state index is -5.11. The van der Waals surface area contributed by atoms with E-state index in [9.17, 15) is 44.3 Å². The smallest absolute Gasteiger partial charge is 0.417 e. The number of aromatic nitrogens is 1. The monoisotopic (exact) mass is 612 g/mol. The van der Waals surface area contributed by atoms with Gasteiger partial charge >= 0.3 is 24.6 Å². The lowest BCUT2D eigenvalue weighted by Gasteiger charge is -2.37. The molecule has 1 aromatic carbocycles. The van der Waals surface area contributed by atoms with Crippen LogP contribution in [0, 0.1) is 0 Å².